The maximum absolute atomic E-state index is 10.5. The van der Waals surface area contributed by atoms with Crippen LogP contribution in [0, 0.1) is 46.8 Å². The third-order valence-electron chi connectivity index (χ3n) is 10.3. The van der Waals surface area contributed by atoms with Crippen LogP contribution in [0.3, 0.4) is 0 Å². The van der Waals surface area contributed by atoms with E-state index in [1.165, 1.54) is 31.3 Å². The molecule has 6 aliphatic rings. The van der Waals surface area contributed by atoms with E-state index in [1.54, 1.807) is 13.2 Å². The number of nitriles is 1. The number of para-hydroxylation sites is 1. The topological polar surface area (TPSA) is 82.5 Å². The Balaban J connectivity index is 1.31. The number of phenols is 1. The minimum atomic E-state index is 0.209. The SMILES string of the molecule is CCN1C(/C=C/c2ccc(O)cc2/C(OC)=C2/C3CC4CC5CC2C4C5C3)=CC(=C(/N)C#N)/c2ccccc21. The zero-order valence-electron chi connectivity index (χ0n) is 22.6. The molecule has 1 heterocycles. The monoisotopic (exact) mass is 517 g/mol. The van der Waals surface area contributed by atoms with Gasteiger partial charge in [-0.25, -0.2) is 0 Å². The van der Waals surface area contributed by atoms with Crippen molar-refractivity contribution in [2.24, 2.45) is 41.2 Å². The van der Waals surface area contributed by atoms with Gasteiger partial charge in [-0.3, -0.25) is 0 Å². The fraction of sp³-hybridized carbons (Fsp3) is 0.382. The zero-order valence-corrected chi connectivity index (χ0v) is 22.6. The van der Waals surface area contributed by atoms with Gasteiger partial charge in [0.1, 0.15) is 23.3 Å². The summed E-state index contributed by atoms with van der Waals surface area (Å²) in [6, 6.07) is 15.8. The van der Waals surface area contributed by atoms with Crippen LogP contribution in [0.2, 0.25) is 0 Å². The molecule has 6 bridgehead atoms. The Hall–Kier alpha value is -3.91. The summed E-state index contributed by atoms with van der Waals surface area (Å²) in [5.74, 6) is 6.02. The molecule has 0 saturated heterocycles. The lowest BCUT2D eigenvalue weighted by Gasteiger charge is -2.47. The second kappa shape index (κ2) is 9.09. The molecule has 6 atom stereocenters. The number of allylic oxidation sites excluding steroid dienone is 5. The van der Waals surface area contributed by atoms with Crippen molar-refractivity contribution in [3.05, 3.63) is 88.3 Å². The molecule has 5 nitrogen and oxygen atoms in total. The van der Waals surface area contributed by atoms with Crippen LogP contribution in [0.15, 0.2) is 71.6 Å². The number of methoxy groups -OCH3 is 1. The summed E-state index contributed by atoms with van der Waals surface area (Å²) < 4.78 is 6.22. The number of aromatic hydroxyl groups is 1. The van der Waals surface area contributed by atoms with E-state index in [0.29, 0.717) is 11.8 Å². The Morgan fingerprint density at radius 3 is 2.74 bits per heavy atom. The fourth-order valence-electron chi connectivity index (χ4n) is 9.00. The molecule has 2 aromatic rings. The molecule has 5 fully saturated rings. The van der Waals surface area contributed by atoms with Gasteiger partial charge in [-0.15, -0.1) is 0 Å². The van der Waals surface area contributed by atoms with E-state index in [1.807, 2.05) is 36.4 Å². The number of hydrogen-bond acceptors (Lipinski definition) is 5. The molecule has 198 valence electrons. The summed E-state index contributed by atoms with van der Waals surface area (Å²) in [7, 11) is 1.79. The fourth-order valence-corrected chi connectivity index (χ4v) is 9.00. The third-order valence-corrected chi connectivity index (χ3v) is 10.3. The van der Waals surface area contributed by atoms with E-state index in [2.05, 4.69) is 36.1 Å². The maximum atomic E-state index is 10.5. The highest BCUT2D eigenvalue weighted by Gasteiger charge is 2.62. The van der Waals surface area contributed by atoms with Gasteiger partial charge < -0.3 is 20.5 Å². The number of hydrogen-bond donors (Lipinski definition) is 2. The molecule has 5 aliphatic carbocycles. The van der Waals surface area contributed by atoms with Crippen LogP contribution in [0.5, 0.6) is 5.75 Å². The largest absolute Gasteiger partial charge is 0.508 e. The number of fused-ring (bicyclic) bond motifs is 1. The lowest BCUT2D eigenvalue weighted by molar-refractivity contribution is 0.102. The predicted octanol–water partition coefficient (Wildman–Crippen LogP) is 6.69. The van der Waals surface area contributed by atoms with Crippen LogP contribution in [-0.4, -0.2) is 18.8 Å². The van der Waals surface area contributed by atoms with Gasteiger partial charge in [0.15, 0.2) is 0 Å². The van der Waals surface area contributed by atoms with Gasteiger partial charge >= 0.3 is 0 Å². The Bertz CT molecular complexity index is 1520. The Kier molecular flexibility index (Phi) is 5.63. The molecule has 39 heavy (non-hydrogen) atoms. The number of nitrogens with two attached hydrogens (primary N) is 1. The van der Waals surface area contributed by atoms with Crippen molar-refractivity contribution < 1.29 is 9.84 Å². The smallest absolute Gasteiger partial charge is 0.126 e. The van der Waals surface area contributed by atoms with Crippen molar-refractivity contribution >= 4 is 23.1 Å². The summed E-state index contributed by atoms with van der Waals surface area (Å²) in [6.07, 6.45) is 11.5. The number of phenolic OH excluding ortho intramolecular Hbond substituents is 1. The molecular weight excluding hydrogens is 482 g/mol. The van der Waals surface area contributed by atoms with Gasteiger partial charge in [0.2, 0.25) is 0 Å². The van der Waals surface area contributed by atoms with Crippen molar-refractivity contribution in [3.8, 4) is 11.8 Å². The first-order valence-electron chi connectivity index (χ1n) is 14.3. The number of likely N-dealkylation sites (N-methyl/N-ethyl adjacent to an activating group) is 1. The number of nitrogens with zero attached hydrogens (tertiary/aromatic N) is 2. The van der Waals surface area contributed by atoms with Crippen molar-refractivity contribution in [3.63, 3.8) is 0 Å². The molecule has 8 rings (SSSR count). The maximum Gasteiger partial charge on any atom is 0.126 e. The summed E-state index contributed by atoms with van der Waals surface area (Å²) >= 11 is 0. The lowest BCUT2D eigenvalue weighted by atomic mass is 9.57. The first-order chi connectivity index (χ1) is 19.0. The lowest BCUT2D eigenvalue weighted by Crippen LogP contribution is -2.39. The van der Waals surface area contributed by atoms with Crippen molar-refractivity contribution in [2.75, 3.05) is 18.6 Å². The van der Waals surface area contributed by atoms with Gasteiger partial charge in [-0.2, -0.15) is 5.26 Å². The molecule has 3 N–H and O–H groups in total. The third kappa shape index (κ3) is 3.58. The Morgan fingerprint density at radius 2 is 1.97 bits per heavy atom. The van der Waals surface area contributed by atoms with Crippen LogP contribution in [-0.2, 0) is 4.74 Å². The van der Waals surface area contributed by atoms with Crippen LogP contribution in [0.1, 0.15) is 49.3 Å². The highest BCUT2D eigenvalue weighted by atomic mass is 16.5. The minimum absolute atomic E-state index is 0.209. The van der Waals surface area contributed by atoms with E-state index in [0.717, 1.165) is 69.6 Å². The first-order valence-corrected chi connectivity index (χ1v) is 14.3. The molecule has 0 spiro atoms. The number of rotatable bonds is 5. The van der Waals surface area contributed by atoms with E-state index in [9.17, 15) is 10.4 Å². The quantitative estimate of drug-likeness (QED) is 0.341. The Labute approximate surface area is 230 Å². The highest BCUT2D eigenvalue weighted by Crippen LogP contribution is 2.71. The molecular formula is C34H35N3O2. The minimum Gasteiger partial charge on any atom is -0.508 e. The van der Waals surface area contributed by atoms with E-state index in [-0.39, 0.29) is 11.4 Å². The standard InChI is InChI=1S/C34H35N3O2/c1-3-37-23(16-28(30(36)18-35)25-6-4-5-7-31(25)37)10-8-19-9-11-24(38)17-27(19)34(39-2)33-22-13-21-12-20-14-29(33)32(21)26(20)15-22/h4-11,16-17,20-22,26,29,32,38H,3,12-15,36H2,1-2H3/b10-8+,30-28-,34-33+. The number of anilines is 1. The van der Waals surface area contributed by atoms with Gasteiger partial charge in [-0.05, 0) is 110 Å². The van der Waals surface area contributed by atoms with Gasteiger partial charge in [0.05, 0.1) is 7.11 Å². The average molecular weight is 518 g/mol. The van der Waals surface area contributed by atoms with E-state index < -0.39 is 0 Å². The van der Waals surface area contributed by atoms with Gasteiger partial charge in [-0.1, -0.05) is 30.3 Å². The summed E-state index contributed by atoms with van der Waals surface area (Å²) in [6.45, 7) is 2.90. The summed E-state index contributed by atoms with van der Waals surface area (Å²) in [5.41, 5.74) is 13.5. The second-order valence-corrected chi connectivity index (χ2v) is 11.9. The average Bonchev–Trinajstić information content (AvgIpc) is 3.38. The molecule has 5 heteroatoms. The van der Waals surface area contributed by atoms with Crippen molar-refractivity contribution in [1.82, 2.24) is 0 Å². The zero-order chi connectivity index (χ0) is 26.8. The van der Waals surface area contributed by atoms with Gasteiger partial charge in [0, 0.05) is 34.6 Å². The molecule has 6 unspecified atom stereocenters. The van der Waals surface area contributed by atoms with Crippen LogP contribution in [0.25, 0.3) is 17.4 Å². The van der Waals surface area contributed by atoms with Crippen LogP contribution < -0.4 is 10.6 Å². The molecule has 2 aromatic carbocycles. The van der Waals surface area contributed by atoms with Crippen molar-refractivity contribution in [1.29, 1.82) is 5.26 Å². The highest BCUT2D eigenvalue weighted by molar-refractivity contribution is 5.91. The van der Waals surface area contributed by atoms with Crippen molar-refractivity contribution in [2.45, 2.75) is 32.6 Å². The number of ether oxygens (including phenoxy) is 1. The molecule has 0 radical (unpaired) electrons. The first kappa shape index (κ1) is 24.2. The van der Waals surface area contributed by atoms with Gasteiger partial charge in [0.25, 0.3) is 0 Å². The van der Waals surface area contributed by atoms with Crippen LogP contribution in [0.4, 0.5) is 5.69 Å². The van der Waals surface area contributed by atoms with E-state index >= 15 is 0 Å². The molecule has 0 aromatic heterocycles. The summed E-state index contributed by atoms with van der Waals surface area (Å²) in [4.78, 5) is 2.24. The summed E-state index contributed by atoms with van der Waals surface area (Å²) in [5, 5.41) is 20.1. The molecule has 5 saturated carbocycles. The second-order valence-electron chi connectivity index (χ2n) is 11.9. The Morgan fingerprint density at radius 1 is 1.13 bits per heavy atom. The van der Waals surface area contributed by atoms with E-state index in [4.69, 9.17) is 10.5 Å². The molecule has 1 aliphatic heterocycles. The number of benzene rings is 2. The molecule has 0 amide bonds. The van der Waals surface area contributed by atoms with Crippen LogP contribution >= 0.6 is 0 Å². The predicted molar refractivity (Wildman–Crippen MR) is 155 cm³/mol. The normalized spacial score (nSPS) is 32.3.